The molecule has 0 aliphatic heterocycles. The lowest BCUT2D eigenvalue weighted by Gasteiger charge is -2.36. The van der Waals surface area contributed by atoms with Crippen molar-refractivity contribution < 1.29 is 9.53 Å². The summed E-state index contributed by atoms with van der Waals surface area (Å²) in [6.07, 6.45) is 11.0. The van der Waals surface area contributed by atoms with Crippen LogP contribution in [0.25, 0.3) is 0 Å². The van der Waals surface area contributed by atoms with Crippen LogP contribution in [0.4, 0.5) is 4.79 Å². The SMILES string of the molecule is C#CCC1(NC(=O)OCc2ccccc2)CCCCC1. The van der Waals surface area contributed by atoms with Gasteiger partial charge in [-0.2, -0.15) is 0 Å². The maximum Gasteiger partial charge on any atom is 0.407 e. The van der Waals surface area contributed by atoms with Gasteiger partial charge in [0.1, 0.15) is 6.61 Å². The highest BCUT2D eigenvalue weighted by molar-refractivity contribution is 5.68. The Morgan fingerprint density at radius 2 is 1.95 bits per heavy atom. The van der Waals surface area contributed by atoms with Gasteiger partial charge in [0.05, 0.1) is 5.54 Å². The summed E-state index contributed by atoms with van der Waals surface area (Å²) in [7, 11) is 0. The average molecular weight is 271 g/mol. The molecule has 0 aromatic heterocycles. The molecule has 0 bridgehead atoms. The second-order valence-electron chi connectivity index (χ2n) is 5.41. The van der Waals surface area contributed by atoms with Gasteiger partial charge in [-0.05, 0) is 18.4 Å². The molecule has 0 saturated heterocycles. The number of amides is 1. The molecule has 3 nitrogen and oxygen atoms in total. The third-order valence-electron chi connectivity index (χ3n) is 3.83. The van der Waals surface area contributed by atoms with E-state index < -0.39 is 0 Å². The highest BCUT2D eigenvalue weighted by Gasteiger charge is 2.33. The van der Waals surface area contributed by atoms with E-state index in [-0.39, 0.29) is 11.6 Å². The Kier molecular flexibility index (Phi) is 5.06. The van der Waals surface area contributed by atoms with Crippen molar-refractivity contribution in [3.63, 3.8) is 0 Å². The number of alkyl carbamates (subject to hydrolysis) is 1. The van der Waals surface area contributed by atoms with Crippen molar-refractivity contribution >= 4 is 6.09 Å². The molecule has 1 amide bonds. The number of benzene rings is 1. The number of hydrogen-bond donors (Lipinski definition) is 1. The van der Waals surface area contributed by atoms with Gasteiger partial charge >= 0.3 is 6.09 Å². The van der Waals surface area contributed by atoms with E-state index in [9.17, 15) is 4.79 Å². The van der Waals surface area contributed by atoms with Gasteiger partial charge in [0, 0.05) is 6.42 Å². The van der Waals surface area contributed by atoms with Crippen LogP contribution >= 0.6 is 0 Å². The van der Waals surface area contributed by atoms with Crippen LogP contribution in [0, 0.1) is 12.3 Å². The van der Waals surface area contributed by atoms with Crippen molar-refractivity contribution in [2.45, 2.75) is 50.7 Å². The van der Waals surface area contributed by atoms with Crippen LogP contribution in [-0.4, -0.2) is 11.6 Å². The molecule has 3 heteroatoms. The normalized spacial score (nSPS) is 16.9. The molecule has 0 radical (unpaired) electrons. The van der Waals surface area contributed by atoms with Gasteiger partial charge in [0.15, 0.2) is 0 Å². The van der Waals surface area contributed by atoms with Crippen LogP contribution in [0.5, 0.6) is 0 Å². The van der Waals surface area contributed by atoms with Gasteiger partial charge in [-0.15, -0.1) is 12.3 Å². The molecule has 1 aromatic rings. The standard InChI is InChI=1S/C17H21NO2/c1-2-11-17(12-7-4-8-13-17)18-16(19)20-14-15-9-5-3-6-10-15/h1,3,5-6,9-10H,4,7-8,11-14H2,(H,18,19). The summed E-state index contributed by atoms with van der Waals surface area (Å²) in [5, 5.41) is 3.00. The molecule has 2 rings (SSSR count). The zero-order chi connectivity index (χ0) is 14.3. The van der Waals surface area contributed by atoms with Gasteiger partial charge in [-0.25, -0.2) is 4.79 Å². The fourth-order valence-corrected chi connectivity index (χ4v) is 2.75. The highest BCUT2D eigenvalue weighted by atomic mass is 16.5. The first-order chi connectivity index (χ1) is 9.74. The van der Waals surface area contributed by atoms with Crippen molar-refractivity contribution in [2.24, 2.45) is 0 Å². The van der Waals surface area contributed by atoms with Gasteiger partial charge in [-0.3, -0.25) is 0 Å². The van der Waals surface area contributed by atoms with Crippen molar-refractivity contribution in [3.8, 4) is 12.3 Å². The van der Waals surface area contributed by atoms with E-state index in [4.69, 9.17) is 11.2 Å². The number of hydrogen-bond acceptors (Lipinski definition) is 2. The maximum atomic E-state index is 12.0. The smallest absolute Gasteiger partial charge is 0.407 e. The van der Waals surface area contributed by atoms with Gasteiger partial charge < -0.3 is 10.1 Å². The number of ether oxygens (including phenoxy) is 1. The van der Waals surface area contributed by atoms with Crippen molar-refractivity contribution in [1.29, 1.82) is 0 Å². The number of rotatable bonds is 4. The fraction of sp³-hybridized carbons (Fsp3) is 0.471. The molecular weight excluding hydrogens is 250 g/mol. The Morgan fingerprint density at radius 1 is 1.25 bits per heavy atom. The molecule has 1 N–H and O–H groups in total. The molecule has 106 valence electrons. The van der Waals surface area contributed by atoms with Crippen LogP contribution in [-0.2, 0) is 11.3 Å². The minimum Gasteiger partial charge on any atom is -0.445 e. The molecule has 20 heavy (non-hydrogen) atoms. The Labute approximate surface area is 120 Å². The van der Waals surface area contributed by atoms with Crippen LogP contribution < -0.4 is 5.32 Å². The average Bonchev–Trinajstić information content (AvgIpc) is 2.47. The van der Waals surface area contributed by atoms with Crippen LogP contribution in [0.1, 0.15) is 44.1 Å². The molecule has 0 spiro atoms. The topological polar surface area (TPSA) is 38.3 Å². The number of carbonyl (C=O) groups is 1. The summed E-state index contributed by atoms with van der Waals surface area (Å²) in [4.78, 5) is 12.0. The van der Waals surface area contributed by atoms with Gasteiger partial charge in [0.2, 0.25) is 0 Å². The van der Waals surface area contributed by atoms with Gasteiger partial charge in [0.25, 0.3) is 0 Å². The zero-order valence-electron chi connectivity index (χ0n) is 11.7. The molecule has 1 aliphatic rings. The second-order valence-corrected chi connectivity index (χ2v) is 5.41. The van der Waals surface area contributed by atoms with Crippen LogP contribution in [0.3, 0.4) is 0 Å². The molecular formula is C17H21NO2. The van der Waals surface area contributed by atoms with Crippen molar-refractivity contribution in [1.82, 2.24) is 5.32 Å². The Hall–Kier alpha value is -1.95. The monoisotopic (exact) mass is 271 g/mol. The fourth-order valence-electron chi connectivity index (χ4n) is 2.75. The number of nitrogens with one attached hydrogen (secondary N) is 1. The molecule has 0 atom stereocenters. The van der Waals surface area contributed by atoms with Crippen LogP contribution in [0.15, 0.2) is 30.3 Å². The lowest BCUT2D eigenvalue weighted by atomic mass is 9.79. The van der Waals surface area contributed by atoms with Crippen molar-refractivity contribution in [2.75, 3.05) is 0 Å². The zero-order valence-corrected chi connectivity index (χ0v) is 11.7. The molecule has 0 unspecified atom stereocenters. The summed E-state index contributed by atoms with van der Waals surface area (Å²) < 4.78 is 5.28. The highest BCUT2D eigenvalue weighted by Crippen LogP contribution is 2.30. The van der Waals surface area contributed by atoms with E-state index >= 15 is 0 Å². The Bertz CT molecular complexity index is 470. The third-order valence-corrected chi connectivity index (χ3v) is 3.83. The summed E-state index contributed by atoms with van der Waals surface area (Å²) >= 11 is 0. The number of carbonyl (C=O) groups excluding carboxylic acids is 1. The first kappa shape index (κ1) is 14.5. The maximum absolute atomic E-state index is 12.0. The molecule has 1 aromatic carbocycles. The van der Waals surface area contributed by atoms with E-state index in [2.05, 4.69) is 11.2 Å². The van der Waals surface area contributed by atoms with Gasteiger partial charge in [-0.1, -0.05) is 49.6 Å². The van der Waals surface area contributed by atoms with E-state index in [1.165, 1.54) is 6.42 Å². The molecule has 1 saturated carbocycles. The number of terminal acetylenes is 1. The van der Waals surface area contributed by atoms with E-state index in [0.717, 1.165) is 31.2 Å². The third kappa shape index (κ3) is 4.03. The van der Waals surface area contributed by atoms with E-state index in [0.29, 0.717) is 13.0 Å². The summed E-state index contributed by atoms with van der Waals surface area (Å²) in [6.45, 7) is 0.290. The Morgan fingerprint density at radius 3 is 2.60 bits per heavy atom. The predicted octanol–water partition coefficient (Wildman–Crippen LogP) is 3.64. The first-order valence-electron chi connectivity index (χ1n) is 7.16. The van der Waals surface area contributed by atoms with E-state index in [1.54, 1.807) is 0 Å². The Balaban J connectivity index is 1.87. The van der Waals surface area contributed by atoms with Crippen LogP contribution in [0.2, 0.25) is 0 Å². The lowest BCUT2D eigenvalue weighted by molar-refractivity contribution is 0.118. The molecule has 0 heterocycles. The van der Waals surface area contributed by atoms with Crippen molar-refractivity contribution in [3.05, 3.63) is 35.9 Å². The molecule has 1 aliphatic carbocycles. The first-order valence-corrected chi connectivity index (χ1v) is 7.16. The molecule has 1 fully saturated rings. The summed E-state index contributed by atoms with van der Waals surface area (Å²) in [5.74, 6) is 2.69. The minimum absolute atomic E-state index is 0.263. The second kappa shape index (κ2) is 7.00. The predicted molar refractivity (Wildman–Crippen MR) is 79.0 cm³/mol. The summed E-state index contributed by atoms with van der Waals surface area (Å²) in [5.41, 5.74) is 0.720. The lowest BCUT2D eigenvalue weighted by Crippen LogP contribution is -2.49. The largest absolute Gasteiger partial charge is 0.445 e. The van der Waals surface area contributed by atoms with E-state index in [1.807, 2.05) is 30.3 Å². The quantitative estimate of drug-likeness (QED) is 0.849. The summed E-state index contributed by atoms with van der Waals surface area (Å²) in [6, 6.07) is 9.67. The minimum atomic E-state index is -0.369.